The molecule has 198 valence electrons. The van der Waals surface area contributed by atoms with Crippen molar-refractivity contribution < 1.29 is 29.0 Å². The molecule has 0 aromatic carbocycles. The van der Waals surface area contributed by atoms with E-state index in [2.05, 4.69) is 22.4 Å². The predicted molar refractivity (Wildman–Crippen MR) is 136 cm³/mol. The highest BCUT2D eigenvalue weighted by Crippen LogP contribution is 2.34. The molecule has 8 heteroatoms. The normalized spacial score (nSPS) is 14.7. The van der Waals surface area contributed by atoms with Crippen LogP contribution < -0.4 is 0 Å². The lowest BCUT2D eigenvalue weighted by Gasteiger charge is -2.27. The zero-order valence-corrected chi connectivity index (χ0v) is 22.6. The highest BCUT2D eigenvalue weighted by Gasteiger charge is 2.33. The zero-order valence-electron chi connectivity index (χ0n) is 21.8. The van der Waals surface area contributed by atoms with Crippen molar-refractivity contribution in [1.29, 1.82) is 5.26 Å². The molecule has 1 N–H and O–H groups in total. The summed E-state index contributed by atoms with van der Waals surface area (Å²) in [5.74, 6) is -0.568. The van der Waals surface area contributed by atoms with E-state index < -0.39 is 11.3 Å². The molecule has 0 fully saturated rings. The van der Waals surface area contributed by atoms with Crippen LogP contribution in [0.4, 0.5) is 0 Å². The number of hydrogen-bond donors (Lipinski definition) is 1. The van der Waals surface area contributed by atoms with Crippen LogP contribution in [-0.4, -0.2) is 29.4 Å². The Morgan fingerprint density at radius 2 is 1.62 bits per heavy atom. The van der Waals surface area contributed by atoms with Gasteiger partial charge in [0.15, 0.2) is 0 Å². The smallest absolute Gasteiger partial charge is 0.308 e. The van der Waals surface area contributed by atoms with Crippen molar-refractivity contribution in [1.82, 2.24) is 0 Å². The van der Waals surface area contributed by atoms with E-state index in [-0.39, 0.29) is 17.7 Å². The van der Waals surface area contributed by atoms with Crippen LogP contribution in [-0.2, 0) is 23.7 Å². The fraction of sp³-hybridized carbons (Fsp3) is 0.885. The number of Topliss-reactive ketones (excluding diaryl/α,β-unsaturated/α-hetero) is 1. The lowest BCUT2D eigenvalue weighted by atomic mass is 9.75. The van der Waals surface area contributed by atoms with Crippen LogP contribution in [0, 0.1) is 28.6 Å². The summed E-state index contributed by atoms with van der Waals surface area (Å²) < 4.78 is 9.84. The number of esters is 1. The van der Waals surface area contributed by atoms with Gasteiger partial charge < -0.3 is 4.74 Å². The van der Waals surface area contributed by atoms with Crippen molar-refractivity contribution in [2.24, 2.45) is 17.3 Å². The monoisotopic (exact) mass is 501 g/mol. The second-order valence-electron chi connectivity index (χ2n) is 9.59. The van der Waals surface area contributed by atoms with Crippen molar-refractivity contribution in [3.05, 3.63) is 0 Å². The van der Waals surface area contributed by atoms with Gasteiger partial charge in [-0.2, -0.15) is 5.26 Å². The second kappa shape index (κ2) is 21.2. The number of carbonyl (C=O) groups is 2. The van der Waals surface area contributed by atoms with Gasteiger partial charge in [0.2, 0.25) is 0 Å². The van der Waals surface area contributed by atoms with Gasteiger partial charge in [-0.3, -0.25) is 9.59 Å². The van der Waals surface area contributed by atoms with Gasteiger partial charge in [-0.1, -0.05) is 83.6 Å². The maximum atomic E-state index is 12.6. The number of unbranched alkanes of at least 4 members (excludes halogenated alkanes) is 9. The minimum absolute atomic E-state index is 0.0541. The van der Waals surface area contributed by atoms with Gasteiger partial charge in [0.05, 0.1) is 24.0 Å². The summed E-state index contributed by atoms with van der Waals surface area (Å²) >= 11 is 0.894. The average molecular weight is 502 g/mol. The van der Waals surface area contributed by atoms with Crippen LogP contribution in [0.25, 0.3) is 0 Å². The maximum absolute atomic E-state index is 12.6. The van der Waals surface area contributed by atoms with Crippen molar-refractivity contribution >= 4 is 23.8 Å². The lowest BCUT2D eigenvalue weighted by molar-refractivity contribution is -0.432. The highest BCUT2D eigenvalue weighted by atomic mass is 32.2. The van der Waals surface area contributed by atoms with E-state index >= 15 is 0 Å². The van der Waals surface area contributed by atoms with Crippen molar-refractivity contribution in [3.8, 4) is 6.07 Å². The van der Waals surface area contributed by atoms with E-state index in [1.54, 1.807) is 20.8 Å². The van der Waals surface area contributed by atoms with E-state index in [4.69, 9.17) is 9.99 Å². The van der Waals surface area contributed by atoms with Gasteiger partial charge in [0.25, 0.3) is 0 Å². The van der Waals surface area contributed by atoms with Crippen LogP contribution >= 0.6 is 12.0 Å². The summed E-state index contributed by atoms with van der Waals surface area (Å²) in [5.41, 5.74) is -0.749. The van der Waals surface area contributed by atoms with Crippen molar-refractivity contribution in [3.63, 3.8) is 0 Å². The van der Waals surface area contributed by atoms with E-state index in [1.165, 1.54) is 51.4 Å². The number of ether oxygens (including phenoxy) is 1. The minimum Gasteiger partial charge on any atom is -0.465 e. The van der Waals surface area contributed by atoms with Gasteiger partial charge in [0, 0.05) is 30.1 Å². The molecule has 0 aliphatic heterocycles. The number of nitriles is 1. The van der Waals surface area contributed by atoms with Gasteiger partial charge in [-0.05, 0) is 32.6 Å². The molecule has 0 saturated heterocycles. The summed E-state index contributed by atoms with van der Waals surface area (Å²) in [6.45, 7) is 8.05. The summed E-state index contributed by atoms with van der Waals surface area (Å²) in [6, 6.07) is 2.30. The Hall–Kier alpha value is -1.14. The molecule has 0 heterocycles. The molecule has 3 unspecified atom stereocenters. The Balaban J connectivity index is 4.33. The first-order valence-corrected chi connectivity index (χ1v) is 13.9. The summed E-state index contributed by atoms with van der Waals surface area (Å²) in [5, 5.41) is 21.5. The second-order valence-corrected chi connectivity index (χ2v) is 10.4. The Morgan fingerprint density at radius 3 is 2.15 bits per heavy atom. The SMILES string of the molecule is CCCCCCCCCCCCOC(=O)C(C)CC(CC(C)(C#N)CCSOOO)C(=O)CC. The zero-order chi connectivity index (χ0) is 25.7. The Labute approximate surface area is 211 Å². The number of hydrogen-bond acceptors (Lipinski definition) is 8. The molecule has 0 aliphatic rings. The van der Waals surface area contributed by atoms with Gasteiger partial charge in [-0.25, -0.2) is 5.26 Å². The molecule has 0 aliphatic carbocycles. The molecule has 0 spiro atoms. The summed E-state index contributed by atoms with van der Waals surface area (Å²) in [7, 11) is 0. The first kappa shape index (κ1) is 32.9. The molecule has 0 radical (unpaired) electrons. The third-order valence-electron chi connectivity index (χ3n) is 6.37. The van der Waals surface area contributed by atoms with E-state index in [1.807, 2.05) is 0 Å². The van der Waals surface area contributed by atoms with Crippen molar-refractivity contribution in [2.45, 2.75) is 118 Å². The number of ketones is 1. The number of nitrogens with zero attached hydrogens (tertiary/aromatic N) is 1. The Bertz CT molecular complexity index is 582. The lowest BCUT2D eigenvalue weighted by Crippen LogP contribution is -2.28. The molecule has 0 aromatic rings. The largest absolute Gasteiger partial charge is 0.465 e. The molecular formula is C26H47NO6S. The van der Waals surface area contributed by atoms with Gasteiger partial charge >= 0.3 is 5.97 Å². The maximum Gasteiger partial charge on any atom is 0.308 e. The highest BCUT2D eigenvalue weighted by molar-refractivity contribution is 7.94. The van der Waals surface area contributed by atoms with Crippen LogP contribution in [0.3, 0.4) is 0 Å². The molecule has 3 atom stereocenters. The van der Waals surface area contributed by atoms with Crippen LogP contribution in [0.5, 0.6) is 0 Å². The number of carbonyl (C=O) groups excluding carboxylic acids is 2. The van der Waals surface area contributed by atoms with E-state index in [0.717, 1.165) is 24.9 Å². The molecule has 34 heavy (non-hydrogen) atoms. The topological polar surface area (TPSA) is 106 Å². The first-order chi connectivity index (χ1) is 16.3. The third kappa shape index (κ3) is 16.5. The number of rotatable bonds is 23. The van der Waals surface area contributed by atoms with Crippen LogP contribution in [0.15, 0.2) is 0 Å². The fourth-order valence-electron chi connectivity index (χ4n) is 4.11. The van der Waals surface area contributed by atoms with Gasteiger partial charge in [-0.15, -0.1) is 4.33 Å². The Morgan fingerprint density at radius 1 is 1.03 bits per heavy atom. The van der Waals surface area contributed by atoms with E-state index in [0.29, 0.717) is 38.0 Å². The predicted octanol–water partition coefficient (Wildman–Crippen LogP) is 7.45. The minimum atomic E-state index is -0.749. The molecule has 0 bridgehead atoms. The Kier molecular flexibility index (Phi) is 20.5. The third-order valence-corrected chi connectivity index (χ3v) is 6.90. The standard InChI is InChI=1S/C26H47NO6S/c1-5-7-8-9-10-11-12-13-14-15-17-31-25(29)22(3)19-23(24(28)6-2)20-26(4,21-27)16-18-34-33-32-30/h22-23,30H,5-20H2,1-4H3. The summed E-state index contributed by atoms with van der Waals surface area (Å²) in [6.07, 6.45) is 13.8. The molecule has 0 amide bonds. The molecule has 0 saturated carbocycles. The fourth-order valence-corrected chi connectivity index (χ4v) is 4.76. The van der Waals surface area contributed by atoms with Gasteiger partial charge in [0.1, 0.15) is 5.78 Å². The van der Waals surface area contributed by atoms with E-state index in [9.17, 15) is 14.9 Å². The molecule has 7 nitrogen and oxygen atoms in total. The molecule has 0 aromatic heterocycles. The molecular weight excluding hydrogens is 454 g/mol. The first-order valence-electron chi connectivity index (χ1n) is 13.0. The van der Waals surface area contributed by atoms with Crippen LogP contribution in [0.1, 0.15) is 118 Å². The average Bonchev–Trinajstić information content (AvgIpc) is 2.84. The van der Waals surface area contributed by atoms with Crippen molar-refractivity contribution in [2.75, 3.05) is 12.4 Å². The molecule has 0 rings (SSSR count). The quantitative estimate of drug-likeness (QED) is 0.0506. The van der Waals surface area contributed by atoms with Crippen LogP contribution in [0.2, 0.25) is 0 Å². The summed E-state index contributed by atoms with van der Waals surface area (Å²) in [4.78, 5) is 25.0.